The van der Waals surface area contributed by atoms with Crippen molar-refractivity contribution < 1.29 is 29.3 Å². The molecule has 1 rings (SSSR count). The number of aliphatic carboxylic acids is 1. The molecule has 0 radical (unpaired) electrons. The molecule has 1 fully saturated rings. The number of carboxylic acids is 1. The van der Waals surface area contributed by atoms with Crippen molar-refractivity contribution >= 4 is 17.9 Å². The highest BCUT2D eigenvalue weighted by Crippen LogP contribution is 2.05. The van der Waals surface area contributed by atoms with Gasteiger partial charge < -0.3 is 14.9 Å². The van der Waals surface area contributed by atoms with Crippen molar-refractivity contribution in [2.75, 3.05) is 0 Å². The Morgan fingerprint density at radius 3 is 2.08 bits per heavy atom. The fourth-order valence-corrected chi connectivity index (χ4v) is 0.463. The highest BCUT2D eigenvalue weighted by molar-refractivity contribution is 5.95. The molecule has 1 atom stereocenters. The summed E-state index contributed by atoms with van der Waals surface area (Å²) < 4.78 is 3.95. The van der Waals surface area contributed by atoms with E-state index >= 15 is 0 Å². The third-order valence-electron chi connectivity index (χ3n) is 0.847. The molecule has 0 aromatic rings. The zero-order valence-electron chi connectivity index (χ0n) is 6.31. The number of aliphatic hydroxyl groups is 1. The number of rotatable bonds is 0. The predicted octanol–water partition coefficient (Wildman–Crippen LogP) is -1.09. The second-order valence-corrected chi connectivity index (χ2v) is 2.03. The van der Waals surface area contributed by atoms with Crippen LogP contribution in [0.1, 0.15) is 13.3 Å². The van der Waals surface area contributed by atoms with Crippen LogP contribution in [-0.2, 0) is 19.1 Å². The molecule has 6 nitrogen and oxygen atoms in total. The number of esters is 2. The first-order chi connectivity index (χ1) is 5.43. The molecule has 0 saturated carbocycles. The van der Waals surface area contributed by atoms with Crippen molar-refractivity contribution in [1.82, 2.24) is 0 Å². The van der Waals surface area contributed by atoms with E-state index in [-0.39, 0.29) is 6.42 Å². The highest BCUT2D eigenvalue weighted by Gasteiger charge is 2.30. The summed E-state index contributed by atoms with van der Waals surface area (Å²) in [5.74, 6) is -2.32. The lowest BCUT2D eigenvalue weighted by Crippen LogP contribution is -2.11. The Hall–Kier alpha value is -1.43. The standard InChI is InChI=1S/C4H4O4.C2H4O2/c5-2-1-3(6)8-4(2)7;1-2(3)4/h2,5H,1H2;1H3,(H,3,4). The highest BCUT2D eigenvalue weighted by atomic mass is 16.6. The van der Waals surface area contributed by atoms with Crippen molar-refractivity contribution in [2.45, 2.75) is 19.4 Å². The van der Waals surface area contributed by atoms with Crippen LogP contribution in [-0.4, -0.2) is 34.2 Å². The summed E-state index contributed by atoms with van der Waals surface area (Å²) in [5.41, 5.74) is 0. The van der Waals surface area contributed by atoms with Gasteiger partial charge in [0.15, 0.2) is 6.10 Å². The molecule has 1 saturated heterocycles. The van der Waals surface area contributed by atoms with Gasteiger partial charge in [0.25, 0.3) is 5.97 Å². The molecule has 1 heterocycles. The number of hydrogen-bond donors (Lipinski definition) is 2. The first-order valence-corrected chi connectivity index (χ1v) is 3.05. The van der Waals surface area contributed by atoms with Crippen LogP contribution >= 0.6 is 0 Å². The molecule has 0 amide bonds. The average Bonchev–Trinajstić information content (AvgIpc) is 2.08. The Kier molecular flexibility index (Phi) is 3.92. The summed E-state index contributed by atoms with van der Waals surface area (Å²) in [4.78, 5) is 29.2. The van der Waals surface area contributed by atoms with Gasteiger partial charge in [0, 0.05) is 6.92 Å². The van der Waals surface area contributed by atoms with Crippen LogP contribution in [0.15, 0.2) is 0 Å². The van der Waals surface area contributed by atoms with E-state index < -0.39 is 24.0 Å². The smallest absolute Gasteiger partial charge is 0.343 e. The van der Waals surface area contributed by atoms with Gasteiger partial charge in [0.05, 0.1) is 6.42 Å². The number of hydrogen-bond acceptors (Lipinski definition) is 5. The zero-order valence-corrected chi connectivity index (χ0v) is 6.31. The molecule has 0 aromatic carbocycles. The molecule has 68 valence electrons. The quantitative estimate of drug-likeness (QED) is 0.359. The summed E-state index contributed by atoms with van der Waals surface area (Å²) in [6.45, 7) is 1.08. The maximum Gasteiger partial charge on any atom is 0.343 e. The van der Waals surface area contributed by atoms with Crippen LogP contribution in [0.4, 0.5) is 0 Å². The van der Waals surface area contributed by atoms with Gasteiger partial charge in [-0.15, -0.1) is 0 Å². The van der Waals surface area contributed by atoms with Crippen LogP contribution in [0.25, 0.3) is 0 Å². The average molecular weight is 176 g/mol. The predicted molar refractivity (Wildman–Crippen MR) is 35.0 cm³/mol. The first-order valence-electron chi connectivity index (χ1n) is 3.05. The second kappa shape index (κ2) is 4.45. The van der Waals surface area contributed by atoms with Crippen LogP contribution in [0, 0.1) is 0 Å². The van der Waals surface area contributed by atoms with Gasteiger partial charge in [-0.2, -0.15) is 0 Å². The van der Waals surface area contributed by atoms with E-state index in [0.717, 1.165) is 6.92 Å². The van der Waals surface area contributed by atoms with Crippen LogP contribution in [0.3, 0.4) is 0 Å². The molecule has 0 aromatic heterocycles. The molecule has 0 bridgehead atoms. The molecule has 2 N–H and O–H groups in total. The molecule has 1 aliphatic rings. The topological polar surface area (TPSA) is 101 Å². The number of cyclic esters (lactones) is 2. The minimum absolute atomic E-state index is 0.196. The molecule has 1 unspecified atom stereocenters. The van der Waals surface area contributed by atoms with Gasteiger partial charge in [-0.25, -0.2) is 4.79 Å². The number of carboxylic acid groups (broad SMARTS) is 1. The Bertz CT molecular complexity index is 204. The van der Waals surface area contributed by atoms with Gasteiger partial charge in [0.2, 0.25) is 0 Å². The molecule has 0 aliphatic carbocycles. The monoisotopic (exact) mass is 176 g/mol. The second-order valence-electron chi connectivity index (χ2n) is 2.03. The number of ether oxygens (including phenoxy) is 1. The van der Waals surface area contributed by atoms with E-state index in [1.807, 2.05) is 0 Å². The summed E-state index contributed by atoms with van der Waals surface area (Å²) in [6, 6.07) is 0. The molecular weight excluding hydrogens is 168 g/mol. The normalized spacial score (nSPS) is 21.0. The summed E-state index contributed by atoms with van der Waals surface area (Å²) >= 11 is 0. The van der Waals surface area contributed by atoms with Gasteiger partial charge in [-0.05, 0) is 0 Å². The summed E-state index contributed by atoms with van der Waals surface area (Å²) in [7, 11) is 0. The van der Waals surface area contributed by atoms with Crippen molar-refractivity contribution in [3.8, 4) is 0 Å². The number of carbonyl (C=O) groups is 3. The lowest BCUT2D eigenvalue weighted by molar-refractivity contribution is -0.154. The van der Waals surface area contributed by atoms with E-state index in [2.05, 4.69) is 4.74 Å². The van der Waals surface area contributed by atoms with Gasteiger partial charge in [-0.3, -0.25) is 9.59 Å². The summed E-state index contributed by atoms with van der Waals surface area (Å²) in [5, 5.41) is 15.9. The lowest BCUT2D eigenvalue weighted by atomic mass is 10.3. The van der Waals surface area contributed by atoms with E-state index in [1.165, 1.54) is 0 Å². The minimum Gasteiger partial charge on any atom is -0.481 e. The molecular formula is C6H8O6. The van der Waals surface area contributed by atoms with Gasteiger partial charge in [-0.1, -0.05) is 0 Å². The number of carbonyl (C=O) groups excluding carboxylic acids is 2. The van der Waals surface area contributed by atoms with Gasteiger partial charge in [0.1, 0.15) is 0 Å². The largest absolute Gasteiger partial charge is 0.481 e. The van der Waals surface area contributed by atoms with Crippen molar-refractivity contribution in [3.05, 3.63) is 0 Å². The van der Waals surface area contributed by atoms with Crippen molar-refractivity contribution in [1.29, 1.82) is 0 Å². The lowest BCUT2D eigenvalue weighted by Gasteiger charge is -1.86. The van der Waals surface area contributed by atoms with Crippen LogP contribution in [0.5, 0.6) is 0 Å². The Morgan fingerprint density at radius 2 is 2.00 bits per heavy atom. The Labute approximate surface area is 67.8 Å². The fourth-order valence-electron chi connectivity index (χ4n) is 0.463. The summed E-state index contributed by atoms with van der Waals surface area (Å²) in [6.07, 6.45) is -1.42. The Balaban J connectivity index is 0.000000261. The van der Waals surface area contributed by atoms with Crippen LogP contribution < -0.4 is 0 Å². The van der Waals surface area contributed by atoms with E-state index in [0.29, 0.717) is 0 Å². The van der Waals surface area contributed by atoms with Crippen molar-refractivity contribution in [2.24, 2.45) is 0 Å². The number of aliphatic hydroxyl groups excluding tert-OH is 1. The fraction of sp³-hybridized carbons (Fsp3) is 0.500. The molecule has 1 aliphatic heterocycles. The maximum atomic E-state index is 10.1. The van der Waals surface area contributed by atoms with Crippen molar-refractivity contribution in [3.63, 3.8) is 0 Å². The third-order valence-corrected chi connectivity index (χ3v) is 0.847. The van der Waals surface area contributed by atoms with E-state index in [4.69, 9.17) is 15.0 Å². The van der Waals surface area contributed by atoms with E-state index in [1.54, 1.807) is 0 Å². The minimum atomic E-state index is -1.22. The molecule has 6 heteroatoms. The van der Waals surface area contributed by atoms with Gasteiger partial charge >= 0.3 is 11.9 Å². The SMILES string of the molecule is CC(=O)O.O=C1CC(O)C(=O)O1. The molecule has 12 heavy (non-hydrogen) atoms. The first kappa shape index (κ1) is 10.6. The van der Waals surface area contributed by atoms with E-state index in [9.17, 15) is 9.59 Å². The Morgan fingerprint density at radius 1 is 1.58 bits per heavy atom. The third kappa shape index (κ3) is 4.40. The van der Waals surface area contributed by atoms with Crippen LogP contribution in [0.2, 0.25) is 0 Å². The maximum absolute atomic E-state index is 10.1. The molecule has 0 spiro atoms. The zero-order chi connectivity index (χ0) is 9.72.